The van der Waals surface area contributed by atoms with Gasteiger partial charge in [0.2, 0.25) is 0 Å². The molecule has 0 saturated heterocycles. The number of anilines is 2. The summed E-state index contributed by atoms with van der Waals surface area (Å²) in [6.07, 6.45) is 1.45. The lowest BCUT2D eigenvalue weighted by Gasteiger charge is -2.33. The molecule has 6 nitrogen and oxygen atoms in total. The number of carboxylic acids is 1. The van der Waals surface area contributed by atoms with Gasteiger partial charge in [0.15, 0.2) is 0 Å². The van der Waals surface area contributed by atoms with Gasteiger partial charge < -0.3 is 14.9 Å². The van der Waals surface area contributed by atoms with Gasteiger partial charge in [0.25, 0.3) is 0 Å². The minimum atomic E-state index is -0.887. The molecule has 100 valence electrons. The van der Waals surface area contributed by atoms with E-state index in [2.05, 4.69) is 30.7 Å². The highest BCUT2D eigenvalue weighted by Crippen LogP contribution is 2.21. The van der Waals surface area contributed by atoms with Gasteiger partial charge in [0.1, 0.15) is 24.5 Å². The van der Waals surface area contributed by atoms with Crippen molar-refractivity contribution in [1.29, 1.82) is 0 Å². The van der Waals surface area contributed by atoms with Gasteiger partial charge in [0.05, 0.1) is 0 Å². The molecule has 1 N–H and O–H groups in total. The van der Waals surface area contributed by atoms with Crippen LogP contribution in [0.4, 0.5) is 11.6 Å². The van der Waals surface area contributed by atoms with Crippen molar-refractivity contribution in [1.82, 2.24) is 9.97 Å². The number of hydrogen-bond donors (Lipinski definition) is 1. The lowest BCUT2D eigenvalue weighted by Crippen LogP contribution is -2.38. The van der Waals surface area contributed by atoms with Crippen molar-refractivity contribution in [3.8, 4) is 0 Å². The van der Waals surface area contributed by atoms with Gasteiger partial charge >= 0.3 is 5.97 Å². The molecule has 0 unspecified atom stereocenters. The lowest BCUT2D eigenvalue weighted by atomic mass is 10.1. The largest absolute Gasteiger partial charge is 0.480 e. The Labute approximate surface area is 107 Å². The highest BCUT2D eigenvalue weighted by molar-refractivity contribution is 5.73. The van der Waals surface area contributed by atoms with E-state index in [1.165, 1.54) is 6.33 Å². The predicted octanol–water partition coefficient (Wildman–Crippen LogP) is 1.23. The van der Waals surface area contributed by atoms with E-state index in [1.54, 1.807) is 18.0 Å². The molecule has 1 rings (SSSR count). The maximum Gasteiger partial charge on any atom is 0.323 e. The molecule has 0 saturated carbocycles. The zero-order chi connectivity index (χ0) is 13.9. The van der Waals surface area contributed by atoms with Crippen molar-refractivity contribution in [2.75, 3.05) is 30.4 Å². The molecule has 0 atom stereocenters. The van der Waals surface area contributed by atoms with Gasteiger partial charge in [-0.1, -0.05) is 0 Å². The van der Waals surface area contributed by atoms with Crippen LogP contribution in [0.2, 0.25) is 0 Å². The molecule has 0 aliphatic carbocycles. The molecular formula is C12H20N4O2. The number of aliphatic carboxylic acids is 1. The highest BCUT2D eigenvalue weighted by atomic mass is 16.4. The molecule has 0 amide bonds. The van der Waals surface area contributed by atoms with Crippen LogP contribution in [0.5, 0.6) is 0 Å². The molecule has 1 aromatic rings. The normalized spacial score (nSPS) is 11.2. The maximum absolute atomic E-state index is 10.7. The van der Waals surface area contributed by atoms with E-state index in [1.807, 2.05) is 11.9 Å². The van der Waals surface area contributed by atoms with E-state index < -0.39 is 5.97 Å². The monoisotopic (exact) mass is 252 g/mol. The first-order valence-electron chi connectivity index (χ1n) is 5.70. The van der Waals surface area contributed by atoms with Crippen molar-refractivity contribution in [2.45, 2.75) is 26.3 Å². The topological polar surface area (TPSA) is 69.6 Å². The summed E-state index contributed by atoms with van der Waals surface area (Å²) in [5.41, 5.74) is -0.0585. The summed E-state index contributed by atoms with van der Waals surface area (Å²) in [5, 5.41) is 8.76. The van der Waals surface area contributed by atoms with Crippen LogP contribution in [0.3, 0.4) is 0 Å². The van der Waals surface area contributed by atoms with Crippen LogP contribution in [-0.4, -0.2) is 47.2 Å². The van der Waals surface area contributed by atoms with Gasteiger partial charge in [-0.25, -0.2) is 9.97 Å². The second kappa shape index (κ2) is 5.20. The molecular weight excluding hydrogens is 232 g/mol. The molecule has 0 bridgehead atoms. The van der Waals surface area contributed by atoms with Gasteiger partial charge in [0, 0.05) is 25.7 Å². The van der Waals surface area contributed by atoms with Crippen LogP contribution in [0.15, 0.2) is 12.4 Å². The van der Waals surface area contributed by atoms with E-state index >= 15 is 0 Å². The number of nitrogens with zero attached hydrogens (tertiary/aromatic N) is 4. The first-order valence-corrected chi connectivity index (χ1v) is 5.70. The van der Waals surface area contributed by atoms with Crippen LogP contribution in [-0.2, 0) is 4.79 Å². The average Bonchev–Trinajstić information content (AvgIpc) is 2.26. The number of hydrogen-bond acceptors (Lipinski definition) is 5. The summed E-state index contributed by atoms with van der Waals surface area (Å²) in [4.78, 5) is 22.5. The fourth-order valence-corrected chi connectivity index (χ4v) is 1.36. The average molecular weight is 252 g/mol. The quantitative estimate of drug-likeness (QED) is 0.869. The third-order valence-electron chi connectivity index (χ3n) is 2.75. The predicted molar refractivity (Wildman–Crippen MR) is 71.1 cm³/mol. The number of rotatable bonds is 4. The van der Waals surface area contributed by atoms with Crippen molar-refractivity contribution in [2.24, 2.45) is 0 Å². The maximum atomic E-state index is 10.7. The van der Waals surface area contributed by atoms with Crippen LogP contribution >= 0.6 is 0 Å². The Morgan fingerprint density at radius 1 is 1.28 bits per heavy atom. The van der Waals surface area contributed by atoms with Crippen LogP contribution < -0.4 is 9.80 Å². The molecule has 0 aromatic carbocycles. The number of aromatic nitrogens is 2. The van der Waals surface area contributed by atoms with Crippen molar-refractivity contribution in [3.63, 3.8) is 0 Å². The Morgan fingerprint density at radius 2 is 1.83 bits per heavy atom. The third kappa shape index (κ3) is 3.58. The van der Waals surface area contributed by atoms with Crippen LogP contribution in [0.25, 0.3) is 0 Å². The number of carbonyl (C=O) groups is 1. The molecule has 1 aromatic heterocycles. The van der Waals surface area contributed by atoms with E-state index in [0.29, 0.717) is 5.82 Å². The molecule has 0 radical (unpaired) electrons. The fraction of sp³-hybridized carbons (Fsp3) is 0.583. The van der Waals surface area contributed by atoms with Gasteiger partial charge in [-0.3, -0.25) is 4.79 Å². The zero-order valence-corrected chi connectivity index (χ0v) is 11.5. The Morgan fingerprint density at radius 3 is 2.33 bits per heavy atom. The van der Waals surface area contributed by atoms with E-state index in [4.69, 9.17) is 5.11 Å². The first-order chi connectivity index (χ1) is 8.21. The standard InChI is InChI=1S/C12H20N4O2/c1-12(2,3)16(5)10-6-9(13-8-14-10)15(4)7-11(17)18/h6,8H,7H2,1-5H3,(H,17,18). The molecule has 0 aliphatic rings. The second-order valence-electron chi connectivity index (χ2n) is 5.21. The zero-order valence-electron chi connectivity index (χ0n) is 11.5. The van der Waals surface area contributed by atoms with Gasteiger partial charge in [-0.2, -0.15) is 0 Å². The first kappa shape index (κ1) is 14.2. The van der Waals surface area contributed by atoms with E-state index in [-0.39, 0.29) is 12.1 Å². The highest BCUT2D eigenvalue weighted by Gasteiger charge is 2.19. The van der Waals surface area contributed by atoms with Crippen LogP contribution in [0.1, 0.15) is 20.8 Å². The summed E-state index contributed by atoms with van der Waals surface area (Å²) in [6.45, 7) is 6.15. The minimum absolute atomic E-state index is 0.0585. The van der Waals surface area contributed by atoms with Gasteiger partial charge in [-0.05, 0) is 20.8 Å². The van der Waals surface area contributed by atoms with Crippen molar-refractivity contribution in [3.05, 3.63) is 12.4 Å². The SMILES string of the molecule is CN(CC(=O)O)c1cc(N(C)C(C)(C)C)ncn1. The summed E-state index contributed by atoms with van der Waals surface area (Å²) in [5.74, 6) is 0.477. The van der Waals surface area contributed by atoms with E-state index in [9.17, 15) is 4.79 Å². The molecule has 6 heteroatoms. The Hall–Kier alpha value is -1.85. The smallest absolute Gasteiger partial charge is 0.323 e. The summed E-state index contributed by atoms with van der Waals surface area (Å²) < 4.78 is 0. The summed E-state index contributed by atoms with van der Waals surface area (Å²) in [6, 6.07) is 1.79. The molecule has 0 fully saturated rings. The number of carboxylic acid groups (broad SMARTS) is 1. The van der Waals surface area contributed by atoms with Crippen molar-refractivity contribution < 1.29 is 9.90 Å². The van der Waals surface area contributed by atoms with Crippen molar-refractivity contribution >= 4 is 17.6 Å². The third-order valence-corrected chi connectivity index (χ3v) is 2.75. The van der Waals surface area contributed by atoms with Crippen LogP contribution in [0, 0.1) is 0 Å². The molecule has 0 aliphatic heterocycles. The Bertz CT molecular complexity index is 428. The Balaban J connectivity index is 2.95. The van der Waals surface area contributed by atoms with Gasteiger partial charge in [-0.15, -0.1) is 0 Å². The second-order valence-corrected chi connectivity index (χ2v) is 5.21. The lowest BCUT2D eigenvalue weighted by molar-refractivity contribution is -0.135. The number of likely N-dealkylation sites (N-methyl/N-ethyl adjacent to an activating group) is 1. The fourth-order valence-electron chi connectivity index (χ4n) is 1.36. The minimum Gasteiger partial charge on any atom is -0.480 e. The Kier molecular flexibility index (Phi) is 4.11. The summed E-state index contributed by atoms with van der Waals surface area (Å²) >= 11 is 0. The van der Waals surface area contributed by atoms with E-state index in [0.717, 1.165) is 5.82 Å². The molecule has 0 spiro atoms. The summed E-state index contributed by atoms with van der Waals surface area (Å²) in [7, 11) is 3.64. The molecule has 18 heavy (non-hydrogen) atoms. The molecule has 1 heterocycles.